The molecule has 1 unspecified atom stereocenters. The number of halogens is 1. The third-order valence-electron chi connectivity index (χ3n) is 3.58. The largest absolute Gasteiger partial charge is 0.491 e. The second-order valence-electron chi connectivity index (χ2n) is 8.51. The number of rotatable bonds is 9. The molecule has 170 valence electrons. The first-order valence-electron chi connectivity index (χ1n) is 10.00. The maximum atomic E-state index is 12.9. The van der Waals surface area contributed by atoms with E-state index in [0.717, 1.165) is 0 Å². The van der Waals surface area contributed by atoms with Gasteiger partial charge in [-0.05, 0) is 65.8 Å². The summed E-state index contributed by atoms with van der Waals surface area (Å²) in [5, 5.41) is 19.0. The van der Waals surface area contributed by atoms with Gasteiger partial charge < -0.3 is 30.5 Å². The number of guanidine groups is 1. The van der Waals surface area contributed by atoms with E-state index in [4.69, 9.17) is 9.47 Å². The molecule has 0 saturated heterocycles. The molecule has 1 rings (SSSR count). The maximum absolute atomic E-state index is 12.9. The lowest BCUT2D eigenvalue weighted by Crippen LogP contribution is -2.49. The zero-order valence-corrected chi connectivity index (χ0v) is 18.7. The molecule has 1 aromatic carbocycles. The highest BCUT2D eigenvalue weighted by Gasteiger charge is 2.24. The molecular weight excluding hydrogens is 391 g/mol. The van der Waals surface area contributed by atoms with Crippen molar-refractivity contribution >= 4 is 12.1 Å². The molecule has 30 heavy (non-hydrogen) atoms. The van der Waals surface area contributed by atoms with Gasteiger partial charge in [-0.3, -0.25) is 4.99 Å². The van der Waals surface area contributed by atoms with Gasteiger partial charge in [-0.2, -0.15) is 0 Å². The highest BCUT2D eigenvalue weighted by Crippen LogP contribution is 2.11. The highest BCUT2D eigenvalue weighted by atomic mass is 19.1. The predicted octanol–water partition coefficient (Wildman–Crippen LogP) is 2.42. The Morgan fingerprint density at radius 2 is 1.80 bits per heavy atom. The molecule has 0 bridgehead atoms. The summed E-state index contributed by atoms with van der Waals surface area (Å²) in [5.74, 6) is 0.628. The molecule has 0 saturated carbocycles. The normalized spacial score (nSPS) is 13.4. The molecule has 0 fully saturated rings. The quantitative estimate of drug-likeness (QED) is 0.357. The van der Waals surface area contributed by atoms with Crippen molar-refractivity contribution in [3.05, 3.63) is 30.1 Å². The van der Waals surface area contributed by atoms with Crippen molar-refractivity contribution in [2.45, 2.75) is 58.8 Å². The monoisotopic (exact) mass is 426 g/mol. The van der Waals surface area contributed by atoms with E-state index in [2.05, 4.69) is 20.9 Å². The van der Waals surface area contributed by atoms with Crippen LogP contribution in [-0.4, -0.2) is 60.6 Å². The number of hydrogen-bond acceptors (Lipinski definition) is 5. The van der Waals surface area contributed by atoms with Crippen LogP contribution in [0.25, 0.3) is 0 Å². The van der Waals surface area contributed by atoms with Crippen LogP contribution in [0, 0.1) is 5.82 Å². The minimum absolute atomic E-state index is 0.0454. The third-order valence-corrected chi connectivity index (χ3v) is 3.58. The van der Waals surface area contributed by atoms with Crippen LogP contribution in [0.15, 0.2) is 29.3 Å². The van der Waals surface area contributed by atoms with Crippen molar-refractivity contribution < 1.29 is 23.8 Å². The van der Waals surface area contributed by atoms with Crippen LogP contribution >= 0.6 is 0 Å². The first kappa shape index (κ1) is 25.5. The van der Waals surface area contributed by atoms with Crippen LogP contribution in [0.2, 0.25) is 0 Å². The summed E-state index contributed by atoms with van der Waals surface area (Å²) in [6.07, 6.45) is -1.30. The number of nitrogens with zero attached hydrogens (tertiary/aromatic N) is 1. The Morgan fingerprint density at radius 1 is 1.17 bits per heavy atom. The van der Waals surface area contributed by atoms with Gasteiger partial charge in [-0.1, -0.05) is 0 Å². The minimum atomic E-state index is -0.799. The molecule has 1 atom stereocenters. The SMILES string of the molecule is CCNC(=NCC(C)(C)NC(=O)OC(C)(C)C)NCC(O)COc1ccc(F)cc1. The van der Waals surface area contributed by atoms with Crippen molar-refractivity contribution in [1.29, 1.82) is 0 Å². The Labute approximate surface area is 178 Å². The smallest absolute Gasteiger partial charge is 0.408 e. The molecule has 0 spiro atoms. The van der Waals surface area contributed by atoms with E-state index in [1.807, 2.05) is 20.8 Å². The molecule has 1 amide bonds. The lowest BCUT2D eigenvalue weighted by molar-refractivity contribution is 0.0476. The summed E-state index contributed by atoms with van der Waals surface area (Å²) in [5.41, 5.74) is -1.21. The number of aliphatic imine (C=N–C) groups is 1. The topological polar surface area (TPSA) is 104 Å². The van der Waals surface area contributed by atoms with Gasteiger partial charge in [0.05, 0.1) is 12.1 Å². The Kier molecular flexibility index (Phi) is 9.84. The number of aliphatic hydroxyl groups is 1. The standard InChI is InChI=1S/C21H35FN4O4/c1-7-23-18(25-14-21(5,6)26-19(28)30-20(2,3)4)24-12-16(27)13-29-17-10-8-15(22)9-11-17/h8-11,16,27H,7,12-14H2,1-6H3,(H,26,28)(H2,23,24,25). The number of ether oxygens (including phenoxy) is 2. The Morgan fingerprint density at radius 3 is 2.37 bits per heavy atom. The molecule has 0 aromatic heterocycles. The van der Waals surface area contributed by atoms with Gasteiger partial charge in [0.1, 0.15) is 29.9 Å². The average Bonchev–Trinajstić information content (AvgIpc) is 2.61. The van der Waals surface area contributed by atoms with Crippen LogP contribution in [0.1, 0.15) is 41.5 Å². The van der Waals surface area contributed by atoms with Gasteiger partial charge >= 0.3 is 6.09 Å². The Balaban J connectivity index is 2.51. The van der Waals surface area contributed by atoms with Gasteiger partial charge in [0.15, 0.2) is 5.96 Å². The second kappa shape index (κ2) is 11.6. The van der Waals surface area contributed by atoms with E-state index < -0.39 is 23.3 Å². The molecule has 0 radical (unpaired) electrons. The van der Waals surface area contributed by atoms with Crippen LogP contribution in [0.5, 0.6) is 5.75 Å². The molecular formula is C21H35FN4O4. The van der Waals surface area contributed by atoms with Crippen LogP contribution in [0.4, 0.5) is 9.18 Å². The molecule has 0 aliphatic rings. The summed E-state index contributed by atoms with van der Waals surface area (Å²) >= 11 is 0. The predicted molar refractivity (Wildman–Crippen MR) is 115 cm³/mol. The first-order valence-corrected chi connectivity index (χ1v) is 10.00. The zero-order valence-electron chi connectivity index (χ0n) is 18.7. The lowest BCUT2D eigenvalue weighted by atomic mass is 10.1. The second-order valence-corrected chi connectivity index (χ2v) is 8.51. The highest BCUT2D eigenvalue weighted by molar-refractivity contribution is 5.79. The van der Waals surface area contributed by atoms with E-state index >= 15 is 0 Å². The maximum Gasteiger partial charge on any atom is 0.408 e. The summed E-state index contributed by atoms with van der Waals surface area (Å²) in [6.45, 7) is 12.2. The van der Waals surface area contributed by atoms with E-state index in [0.29, 0.717) is 24.8 Å². The number of hydrogen-bond donors (Lipinski definition) is 4. The number of carbonyl (C=O) groups excluding carboxylic acids is 1. The summed E-state index contributed by atoms with van der Waals surface area (Å²) in [6, 6.07) is 5.59. The average molecular weight is 427 g/mol. The molecule has 0 aliphatic heterocycles. The Bertz CT molecular complexity index is 687. The fraction of sp³-hybridized carbons (Fsp3) is 0.619. The van der Waals surface area contributed by atoms with E-state index in [1.165, 1.54) is 24.3 Å². The molecule has 4 N–H and O–H groups in total. The summed E-state index contributed by atoms with van der Waals surface area (Å²) in [4.78, 5) is 16.5. The molecule has 8 nitrogen and oxygen atoms in total. The number of carbonyl (C=O) groups is 1. The first-order chi connectivity index (χ1) is 13.9. The van der Waals surface area contributed by atoms with Crippen molar-refractivity contribution in [2.75, 3.05) is 26.2 Å². The molecule has 0 heterocycles. The van der Waals surface area contributed by atoms with Crippen LogP contribution < -0.4 is 20.7 Å². The Hall–Kier alpha value is -2.55. The van der Waals surface area contributed by atoms with Gasteiger partial charge in [0.25, 0.3) is 0 Å². The zero-order chi connectivity index (χ0) is 22.8. The minimum Gasteiger partial charge on any atom is -0.491 e. The molecule has 9 heteroatoms. The van der Waals surface area contributed by atoms with Gasteiger partial charge in [-0.15, -0.1) is 0 Å². The fourth-order valence-electron chi connectivity index (χ4n) is 2.23. The van der Waals surface area contributed by atoms with Crippen molar-refractivity contribution in [3.8, 4) is 5.75 Å². The fourth-order valence-corrected chi connectivity index (χ4v) is 2.23. The van der Waals surface area contributed by atoms with Crippen LogP contribution in [-0.2, 0) is 4.74 Å². The van der Waals surface area contributed by atoms with Crippen molar-refractivity contribution in [1.82, 2.24) is 16.0 Å². The number of nitrogens with one attached hydrogen (secondary N) is 3. The van der Waals surface area contributed by atoms with Crippen LogP contribution in [0.3, 0.4) is 0 Å². The summed E-state index contributed by atoms with van der Waals surface area (Å²) < 4.78 is 23.6. The number of aliphatic hydroxyl groups excluding tert-OH is 1. The number of amides is 1. The van der Waals surface area contributed by atoms with Gasteiger partial charge in [0.2, 0.25) is 0 Å². The van der Waals surface area contributed by atoms with E-state index in [9.17, 15) is 14.3 Å². The molecule has 1 aromatic rings. The molecule has 0 aliphatic carbocycles. The van der Waals surface area contributed by atoms with Crippen molar-refractivity contribution in [3.63, 3.8) is 0 Å². The number of benzene rings is 1. The lowest BCUT2D eigenvalue weighted by Gasteiger charge is -2.27. The summed E-state index contributed by atoms with van der Waals surface area (Å²) in [7, 11) is 0. The van der Waals surface area contributed by atoms with Crippen molar-refractivity contribution in [2.24, 2.45) is 4.99 Å². The van der Waals surface area contributed by atoms with Gasteiger partial charge in [-0.25, -0.2) is 9.18 Å². The van der Waals surface area contributed by atoms with Gasteiger partial charge in [0, 0.05) is 13.1 Å². The number of alkyl carbamates (subject to hydrolysis) is 1. The third kappa shape index (κ3) is 11.5. The van der Waals surface area contributed by atoms with E-state index in [-0.39, 0.29) is 19.0 Å². The van der Waals surface area contributed by atoms with E-state index in [1.54, 1.807) is 20.8 Å².